The van der Waals surface area contributed by atoms with E-state index in [1.165, 1.54) is 48.5 Å². The molecule has 0 amide bonds. The van der Waals surface area contributed by atoms with Crippen LogP contribution in [0.5, 0.6) is 0 Å². The first-order valence-electron chi connectivity index (χ1n) is 6.20. The van der Waals surface area contributed by atoms with E-state index in [0.29, 0.717) is 0 Å². The van der Waals surface area contributed by atoms with Crippen LogP contribution < -0.4 is 0 Å². The van der Waals surface area contributed by atoms with E-state index in [1.54, 1.807) is 12.1 Å². The van der Waals surface area contributed by atoms with E-state index >= 15 is 0 Å². The van der Waals surface area contributed by atoms with Crippen molar-refractivity contribution in [1.29, 1.82) is 0 Å². The van der Waals surface area contributed by atoms with Gasteiger partial charge in [0, 0.05) is 0 Å². The number of benzene rings is 2. The van der Waals surface area contributed by atoms with Crippen LogP contribution in [0.2, 0.25) is 0 Å². The first kappa shape index (κ1) is 15.6. The molecule has 0 radical (unpaired) electrons. The van der Waals surface area contributed by atoms with Crippen molar-refractivity contribution in [2.45, 2.75) is 17.0 Å². The molecule has 0 spiro atoms. The largest absolute Gasteiger partial charge is 0.396 e. The van der Waals surface area contributed by atoms with Crippen molar-refractivity contribution < 1.29 is 21.6 Å². The van der Waals surface area contributed by atoms with Gasteiger partial charge in [0.1, 0.15) is 0 Å². The van der Waals surface area contributed by atoms with Gasteiger partial charge >= 0.3 is 6.18 Å². The summed E-state index contributed by atoms with van der Waals surface area (Å²) in [6, 6.07) is 14.3. The van der Waals surface area contributed by atoms with Gasteiger partial charge in [0.2, 0.25) is 0 Å². The Morgan fingerprint density at radius 3 is 1.81 bits per heavy atom. The maximum absolute atomic E-state index is 13.2. The highest BCUT2D eigenvalue weighted by atomic mass is 32.2. The van der Waals surface area contributed by atoms with Crippen molar-refractivity contribution in [2.75, 3.05) is 5.75 Å². The third kappa shape index (κ3) is 3.85. The Bertz CT molecular complexity index is 680. The molecule has 0 N–H and O–H groups in total. The topological polar surface area (TPSA) is 34.1 Å². The smallest absolute Gasteiger partial charge is 0.224 e. The minimum atomic E-state index is -4.62. The Hall–Kier alpha value is -1.82. The van der Waals surface area contributed by atoms with Crippen LogP contribution in [0, 0.1) is 0 Å². The molecule has 0 saturated heterocycles. The van der Waals surface area contributed by atoms with Crippen molar-refractivity contribution in [2.24, 2.45) is 0 Å². The number of alkyl halides is 3. The van der Waals surface area contributed by atoms with Crippen molar-refractivity contribution in [1.82, 2.24) is 0 Å². The summed E-state index contributed by atoms with van der Waals surface area (Å²) in [5, 5.41) is 0. The molecular weight excluding hydrogens is 301 g/mol. The quantitative estimate of drug-likeness (QED) is 0.860. The highest BCUT2D eigenvalue weighted by Crippen LogP contribution is 2.36. The van der Waals surface area contributed by atoms with Gasteiger partial charge in [-0.2, -0.15) is 13.2 Å². The fraction of sp³-hybridized carbons (Fsp3) is 0.200. The van der Waals surface area contributed by atoms with E-state index in [1.807, 2.05) is 0 Å². The second-order valence-electron chi connectivity index (χ2n) is 4.60. The summed E-state index contributed by atoms with van der Waals surface area (Å²) in [7, 11) is -4.01. The SMILES string of the molecule is O=S(=O)(C[C@H](c1ccccc1)C(F)(F)F)c1ccccc1. The molecule has 0 bridgehead atoms. The summed E-state index contributed by atoms with van der Waals surface area (Å²) < 4.78 is 63.9. The molecule has 0 unspecified atom stereocenters. The number of halogens is 3. The molecule has 0 saturated carbocycles. The van der Waals surface area contributed by atoms with Gasteiger partial charge < -0.3 is 0 Å². The summed E-state index contributed by atoms with van der Waals surface area (Å²) in [4.78, 5) is -0.102. The summed E-state index contributed by atoms with van der Waals surface area (Å²) in [5.41, 5.74) is -0.0514. The van der Waals surface area contributed by atoms with E-state index in [9.17, 15) is 21.6 Å². The highest BCUT2D eigenvalue weighted by molar-refractivity contribution is 7.91. The molecule has 0 aliphatic heterocycles. The predicted molar refractivity (Wildman–Crippen MR) is 73.7 cm³/mol. The first-order chi connectivity index (χ1) is 9.81. The van der Waals surface area contributed by atoms with E-state index in [0.717, 1.165) is 0 Å². The predicted octanol–water partition coefficient (Wildman–Crippen LogP) is 3.81. The molecule has 1 atom stereocenters. The molecule has 0 aromatic heterocycles. The second kappa shape index (κ2) is 5.89. The van der Waals surface area contributed by atoms with E-state index < -0.39 is 27.7 Å². The van der Waals surface area contributed by atoms with Crippen LogP contribution in [0.15, 0.2) is 65.6 Å². The standard InChI is InChI=1S/C15H13F3O2S/c16-15(17,18)14(12-7-3-1-4-8-12)11-21(19,20)13-9-5-2-6-10-13/h1-10,14H,11H2/t14-/m1/s1. The minimum Gasteiger partial charge on any atom is -0.224 e. The fourth-order valence-electron chi connectivity index (χ4n) is 2.01. The average molecular weight is 314 g/mol. The molecule has 0 aliphatic rings. The number of hydrogen-bond donors (Lipinski definition) is 0. The molecular formula is C15H13F3O2S. The van der Waals surface area contributed by atoms with Crippen molar-refractivity contribution in [3.05, 3.63) is 66.2 Å². The zero-order chi connectivity index (χ0) is 15.5. The number of hydrogen-bond acceptors (Lipinski definition) is 2. The average Bonchev–Trinajstić information content (AvgIpc) is 2.46. The van der Waals surface area contributed by atoms with Crippen molar-refractivity contribution in [3.8, 4) is 0 Å². The van der Waals surface area contributed by atoms with E-state index in [4.69, 9.17) is 0 Å². The van der Waals surface area contributed by atoms with Crippen LogP contribution in [0.4, 0.5) is 13.2 Å². The normalized spacial score (nSPS) is 13.9. The Balaban J connectivity index is 2.37. The molecule has 0 fully saturated rings. The molecule has 0 heterocycles. The Labute approximate surface area is 121 Å². The summed E-state index contributed by atoms with van der Waals surface area (Å²) >= 11 is 0. The molecule has 6 heteroatoms. The molecule has 2 rings (SSSR count). The Morgan fingerprint density at radius 1 is 0.857 bits per heavy atom. The number of sulfone groups is 1. The van der Waals surface area contributed by atoms with E-state index in [2.05, 4.69) is 0 Å². The monoisotopic (exact) mass is 314 g/mol. The molecule has 21 heavy (non-hydrogen) atoms. The Morgan fingerprint density at radius 2 is 1.33 bits per heavy atom. The van der Waals surface area contributed by atoms with Gasteiger partial charge in [-0.15, -0.1) is 0 Å². The van der Waals surface area contributed by atoms with Crippen LogP contribution in [0.25, 0.3) is 0 Å². The lowest BCUT2D eigenvalue weighted by molar-refractivity contribution is -0.145. The molecule has 2 aromatic rings. The van der Waals surface area contributed by atoms with Gasteiger partial charge in [0.15, 0.2) is 9.84 Å². The fourth-order valence-corrected chi connectivity index (χ4v) is 3.59. The summed E-state index contributed by atoms with van der Waals surface area (Å²) in [6.45, 7) is 0. The van der Waals surface area contributed by atoms with Gasteiger partial charge in [-0.1, -0.05) is 48.5 Å². The maximum atomic E-state index is 13.2. The van der Waals surface area contributed by atoms with Gasteiger partial charge in [-0.3, -0.25) is 0 Å². The molecule has 112 valence electrons. The van der Waals surface area contributed by atoms with Crippen LogP contribution in [0.3, 0.4) is 0 Å². The van der Waals surface area contributed by atoms with Crippen LogP contribution >= 0.6 is 0 Å². The van der Waals surface area contributed by atoms with Gasteiger partial charge in [-0.05, 0) is 17.7 Å². The second-order valence-corrected chi connectivity index (χ2v) is 6.63. The van der Waals surface area contributed by atoms with Crippen LogP contribution in [-0.2, 0) is 9.84 Å². The zero-order valence-electron chi connectivity index (χ0n) is 10.9. The molecule has 2 aromatic carbocycles. The minimum absolute atomic E-state index is 0.0514. The third-order valence-electron chi connectivity index (χ3n) is 3.09. The first-order valence-corrected chi connectivity index (χ1v) is 7.85. The van der Waals surface area contributed by atoms with Gasteiger partial charge in [-0.25, -0.2) is 8.42 Å². The summed E-state index contributed by atoms with van der Waals surface area (Å²) in [6.07, 6.45) is -4.62. The van der Waals surface area contributed by atoms with E-state index in [-0.39, 0.29) is 10.5 Å². The van der Waals surface area contributed by atoms with Crippen molar-refractivity contribution in [3.63, 3.8) is 0 Å². The van der Waals surface area contributed by atoms with Gasteiger partial charge in [0.05, 0.1) is 16.6 Å². The number of rotatable bonds is 4. The molecule has 2 nitrogen and oxygen atoms in total. The lowest BCUT2D eigenvalue weighted by Crippen LogP contribution is -2.28. The zero-order valence-corrected chi connectivity index (χ0v) is 11.7. The lowest BCUT2D eigenvalue weighted by Gasteiger charge is -2.20. The van der Waals surface area contributed by atoms with Crippen LogP contribution in [-0.4, -0.2) is 20.3 Å². The molecule has 0 aliphatic carbocycles. The highest BCUT2D eigenvalue weighted by Gasteiger charge is 2.43. The van der Waals surface area contributed by atoms with Gasteiger partial charge in [0.25, 0.3) is 0 Å². The van der Waals surface area contributed by atoms with Crippen molar-refractivity contribution >= 4 is 9.84 Å². The third-order valence-corrected chi connectivity index (χ3v) is 4.85. The summed E-state index contributed by atoms with van der Waals surface area (Å²) in [5.74, 6) is -3.03. The lowest BCUT2D eigenvalue weighted by atomic mass is 10.0. The Kier molecular flexibility index (Phi) is 4.37. The maximum Gasteiger partial charge on any atom is 0.396 e. The van der Waals surface area contributed by atoms with Crippen LogP contribution in [0.1, 0.15) is 11.5 Å².